The molecular weight excluding hydrogens is 282 g/mol. The highest BCUT2D eigenvalue weighted by molar-refractivity contribution is 7.84. The lowest BCUT2D eigenvalue weighted by Crippen LogP contribution is -2.41. The zero-order chi connectivity index (χ0) is 16.0. The topological polar surface area (TPSA) is 38.3 Å². The maximum atomic E-state index is 12.3. The maximum Gasteiger partial charge on any atom is 0.118 e. The van der Waals surface area contributed by atoms with Crippen LogP contribution in [0.3, 0.4) is 0 Å². The maximum absolute atomic E-state index is 12.3. The van der Waals surface area contributed by atoms with Crippen LogP contribution in [0.2, 0.25) is 0 Å². The Hall–Kier alpha value is -1.13. The highest BCUT2D eigenvalue weighted by Crippen LogP contribution is 2.17. The smallest absolute Gasteiger partial charge is 0.118 e. The van der Waals surface area contributed by atoms with Gasteiger partial charge in [-0.1, -0.05) is 17.7 Å². The summed E-state index contributed by atoms with van der Waals surface area (Å²) in [4.78, 5) is 0. The molecule has 0 amide bonds. The Balaban J connectivity index is 2.77. The quantitative estimate of drug-likeness (QED) is 0.781. The van der Waals surface area contributed by atoms with Gasteiger partial charge in [0, 0.05) is 6.04 Å². The molecule has 1 N–H and O–H groups in total. The molecule has 0 aromatic heterocycles. The molecule has 1 aromatic carbocycles. The van der Waals surface area contributed by atoms with E-state index >= 15 is 0 Å². The van der Waals surface area contributed by atoms with Crippen LogP contribution in [0.25, 0.3) is 0 Å². The summed E-state index contributed by atoms with van der Waals surface area (Å²) in [6, 6.07) is 8.12. The Morgan fingerprint density at radius 3 is 2.33 bits per heavy atom. The van der Waals surface area contributed by atoms with Gasteiger partial charge in [0.15, 0.2) is 0 Å². The predicted molar refractivity (Wildman–Crippen MR) is 90.9 cm³/mol. The number of ether oxygens (including phenoxy) is 1. The second-order valence-electron chi connectivity index (χ2n) is 6.41. The fraction of sp³-hybridized carbons (Fsp3) is 0.529. The summed E-state index contributed by atoms with van der Waals surface area (Å²) in [6.07, 6.45) is 1.63. The van der Waals surface area contributed by atoms with Crippen LogP contribution in [0.4, 0.5) is 0 Å². The van der Waals surface area contributed by atoms with Gasteiger partial charge in [0.05, 0.1) is 22.8 Å². The average Bonchev–Trinajstić information content (AvgIpc) is 2.37. The van der Waals surface area contributed by atoms with Gasteiger partial charge in [0.1, 0.15) is 5.75 Å². The SMILES string of the molecule is C=C(C)C[C@@H](Cc1ccc(OC)cc1)NS(=O)C(C)(C)C. The van der Waals surface area contributed by atoms with Crippen molar-refractivity contribution in [2.45, 2.75) is 51.3 Å². The van der Waals surface area contributed by atoms with E-state index in [0.29, 0.717) is 0 Å². The van der Waals surface area contributed by atoms with E-state index in [4.69, 9.17) is 4.74 Å². The molecule has 0 spiro atoms. The molecule has 0 aliphatic heterocycles. The van der Waals surface area contributed by atoms with E-state index in [1.807, 2.05) is 52.0 Å². The van der Waals surface area contributed by atoms with Crippen LogP contribution < -0.4 is 9.46 Å². The summed E-state index contributed by atoms with van der Waals surface area (Å²) in [5.74, 6) is 0.849. The molecule has 0 radical (unpaired) electrons. The molecule has 0 saturated carbocycles. The standard InChI is InChI=1S/C17H27NO2S/c1-13(2)11-15(18-21(19)17(3,4)5)12-14-7-9-16(20-6)10-8-14/h7-10,15,18H,1,11-12H2,2-6H3/t15-,21?/m0/s1. The van der Waals surface area contributed by atoms with Crippen LogP contribution in [0.1, 0.15) is 39.7 Å². The second kappa shape index (κ2) is 7.76. The monoisotopic (exact) mass is 309 g/mol. The van der Waals surface area contributed by atoms with Crippen LogP contribution in [0, 0.1) is 0 Å². The van der Waals surface area contributed by atoms with Crippen LogP contribution in [0.5, 0.6) is 5.75 Å². The van der Waals surface area contributed by atoms with Crippen molar-refractivity contribution in [2.24, 2.45) is 0 Å². The molecule has 1 unspecified atom stereocenters. The summed E-state index contributed by atoms with van der Waals surface area (Å²) in [6.45, 7) is 11.9. The van der Waals surface area contributed by atoms with Crippen molar-refractivity contribution in [3.05, 3.63) is 42.0 Å². The largest absolute Gasteiger partial charge is 0.497 e. The number of benzene rings is 1. The number of rotatable bonds is 7. The van der Waals surface area contributed by atoms with E-state index in [2.05, 4.69) is 11.3 Å². The molecular formula is C17H27NO2S. The van der Waals surface area contributed by atoms with Crippen molar-refractivity contribution in [3.8, 4) is 5.75 Å². The summed E-state index contributed by atoms with van der Waals surface area (Å²) < 4.78 is 20.4. The third-order valence-electron chi connectivity index (χ3n) is 3.07. The highest BCUT2D eigenvalue weighted by atomic mass is 32.2. The minimum atomic E-state index is -1.08. The highest BCUT2D eigenvalue weighted by Gasteiger charge is 2.23. The molecule has 0 heterocycles. The van der Waals surface area contributed by atoms with Crippen molar-refractivity contribution in [1.29, 1.82) is 0 Å². The van der Waals surface area contributed by atoms with Gasteiger partial charge in [-0.15, -0.1) is 6.58 Å². The van der Waals surface area contributed by atoms with Crippen molar-refractivity contribution < 1.29 is 8.95 Å². The predicted octanol–water partition coefficient (Wildman–Crippen LogP) is 3.62. The van der Waals surface area contributed by atoms with Crippen molar-refractivity contribution in [3.63, 3.8) is 0 Å². The number of hydrogen-bond donors (Lipinski definition) is 1. The third-order valence-corrected chi connectivity index (χ3v) is 4.73. The van der Waals surface area contributed by atoms with Crippen molar-refractivity contribution in [1.82, 2.24) is 4.72 Å². The van der Waals surface area contributed by atoms with Gasteiger partial charge >= 0.3 is 0 Å². The fourth-order valence-electron chi connectivity index (χ4n) is 1.95. The van der Waals surface area contributed by atoms with E-state index in [0.717, 1.165) is 24.2 Å². The molecule has 0 fully saturated rings. The third kappa shape index (κ3) is 6.44. The summed E-state index contributed by atoms with van der Waals surface area (Å²) >= 11 is 0. The minimum Gasteiger partial charge on any atom is -0.497 e. The van der Waals surface area contributed by atoms with Gasteiger partial charge in [-0.05, 0) is 58.2 Å². The van der Waals surface area contributed by atoms with Crippen molar-refractivity contribution in [2.75, 3.05) is 7.11 Å². The molecule has 3 nitrogen and oxygen atoms in total. The molecule has 21 heavy (non-hydrogen) atoms. The van der Waals surface area contributed by atoms with Gasteiger partial charge in [-0.25, -0.2) is 8.93 Å². The van der Waals surface area contributed by atoms with Crippen LogP contribution in [-0.4, -0.2) is 22.1 Å². The Morgan fingerprint density at radius 1 is 1.33 bits per heavy atom. The molecule has 2 atom stereocenters. The molecule has 4 heteroatoms. The molecule has 0 bridgehead atoms. The van der Waals surface area contributed by atoms with Gasteiger partial charge in [-0.3, -0.25) is 0 Å². The lowest BCUT2D eigenvalue weighted by molar-refractivity contribution is 0.414. The Kier molecular flexibility index (Phi) is 6.62. The number of methoxy groups -OCH3 is 1. The molecule has 0 aliphatic carbocycles. The van der Waals surface area contributed by atoms with E-state index in [9.17, 15) is 4.21 Å². The van der Waals surface area contributed by atoms with Gasteiger partial charge < -0.3 is 4.74 Å². The Labute approximate surface area is 131 Å². The van der Waals surface area contributed by atoms with E-state index in [1.165, 1.54) is 5.56 Å². The summed E-state index contributed by atoms with van der Waals surface area (Å²) in [7, 11) is 0.580. The molecule has 0 saturated heterocycles. The lowest BCUT2D eigenvalue weighted by atomic mass is 10.0. The van der Waals surface area contributed by atoms with Crippen LogP contribution in [-0.2, 0) is 17.4 Å². The fourth-order valence-corrected chi connectivity index (χ4v) is 2.77. The first-order valence-electron chi connectivity index (χ1n) is 7.17. The van der Waals surface area contributed by atoms with Crippen molar-refractivity contribution >= 4 is 11.0 Å². The normalized spacial score (nSPS) is 14.5. The zero-order valence-electron chi connectivity index (χ0n) is 13.7. The zero-order valence-corrected chi connectivity index (χ0v) is 14.5. The van der Waals surface area contributed by atoms with E-state index in [-0.39, 0.29) is 10.8 Å². The molecule has 118 valence electrons. The Bertz CT molecular complexity index is 489. The summed E-state index contributed by atoms with van der Waals surface area (Å²) in [5, 5.41) is 0. The van der Waals surface area contributed by atoms with Gasteiger partial charge in [0.2, 0.25) is 0 Å². The average molecular weight is 309 g/mol. The molecule has 0 aliphatic rings. The first-order valence-corrected chi connectivity index (χ1v) is 8.32. The summed E-state index contributed by atoms with van der Waals surface area (Å²) in [5.41, 5.74) is 2.28. The first-order chi connectivity index (χ1) is 9.72. The molecule has 1 rings (SSSR count). The lowest BCUT2D eigenvalue weighted by Gasteiger charge is -2.24. The van der Waals surface area contributed by atoms with E-state index in [1.54, 1.807) is 7.11 Å². The minimum absolute atomic E-state index is 0.121. The second-order valence-corrected chi connectivity index (χ2v) is 8.41. The van der Waals surface area contributed by atoms with Crippen LogP contribution >= 0.6 is 0 Å². The molecule has 1 aromatic rings. The number of hydrogen-bond acceptors (Lipinski definition) is 2. The van der Waals surface area contributed by atoms with Gasteiger partial charge in [-0.2, -0.15) is 0 Å². The Morgan fingerprint density at radius 2 is 1.90 bits per heavy atom. The van der Waals surface area contributed by atoms with E-state index < -0.39 is 11.0 Å². The van der Waals surface area contributed by atoms with Gasteiger partial charge in [0.25, 0.3) is 0 Å². The van der Waals surface area contributed by atoms with Crippen LogP contribution in [0.15, 0.2) is 36.4 Å². The number of nitrogens with one attached hydrogen (secondary N) is 1. The first kappa shape index (κ1) is 17.9.